The Morgan fingerprint density at radius 1 is 1.15 bits per heavy atom. The number of phenols is 1. The molecule has 0 aliphatic heterocycles. The van der Waals surface area contributed by atoms with E-state index in [4.69, 9.17) is 5.41 Å². The molecule has 34 heavy (non-hydrogen) atoms. The number of fused-ring (bicyclic) bond motifs is 1. The molecule has 4 rings (SSSR count). The number of halogens is 3. The lowest BCUT2D eigenvalue weighted by atomic mass is 10.0. The van der Waals surface area contributed by atoms with Crippen molar-refractivity contribution < 1.29 is 18.3 Å². The molecule has 0 radical (unpaired) electrons. The van der Waals surface area contributed by atoms with Crippen molar-refractivity contribution in [2.75, 3.05) is 7.05 Å². The van der Waals surface area contributed by atoms with Gasteiger partial charge in [0.15, 0.2) is 0 Å². The van der Waals surface area contributed by atoms with Gasteiger partial charge in [0.2, 0.25) is 0 Å². The number of hydrogen-bond acceptors (Lipinski definition) is 6. The topological polar surface area (TPSA) is 104 Å². The molecular weight excluding hydrogens is 447 g/mol. The summed E-state index contributed by atoms with van der Waals surface area (Å²) in [5.41, 5.74) is 0.473. The summed E-state index contributed by atoms with van der Waals surface area (Å²) >= 11 is 0. The first-order chi connectivity index (χ1) is 16.2. The summed E-state index contributed by atoms with van der Waals surface area (Å²) in [7, 11) is 1.63. The molecule has 172 valence electrons. The van der Waals surface area contributed by atoms with Crippen LogP contribution in [0.4, 0.5) is 13.2 Å². The summed E-state index contributed by atoms with van der Waals surface area (Å²) in [5, 5.41) is 20.5. The fourth-order valence-corrected chi connectivity index (χ4v) is 3.47. The maximum atomic E-state index is 13.4. The Labute approximate surface area is 191 Å². The standard InChI is InChI=1S/C24H18F3N5O2/c1-29-12-15(11-28)21-22-19(23(34)32(13-30-22)17-3-2-4-18(33)9-17)10-20(31-21)14-5-7-16(8-6-14)24(25,26)27/h2-13,28-29,33H,1H3/b15-12+,28-11?. The molecule has 0 saturated heterocycles. The number of rotatable bonds is 5. The van der Waals surface area contributed by atoms with Crippen molar-refractivity contribution in [3.63, 3.8) is 0 Å². The SMILES string of the molecule is CN/C=C(\C=N)c1nc(-c2ccc(C(F)(F)F)cc2)cc2c(=O)n(-c3cccc(O)c3)cnc12. The average molecular weight is 465 g/mol. The third-order valence-electron chi connectivity index (χ3n) is 5.09. The van der Waals surface area contributed by atoms with Crippen molar-refractivity contribution in [1.82, 2.24) is 19.9 Å². The normalized spacial score (nSPS) is 12.1. The third kappa shape index (κ3) is 4.25. The lowest BCUT2D eigenvalue weighted by molar-refractivity contribution is -0.137. The van der Waals surface area contributed by atoms with Gasteiger partial charge in [-0.2, -0.15) is 13.2 Å². The summed E-state index contributed by atoms with van der Waals surface area (Å²) in [6.07, 6.45) is -0.642. The van der Waals surface area contributed by atoms with Gasteiger partial charge in [0.25, 0.3) is 5.56 Å². The van der Waals surface area contributed by atoms with Gasteiger partial charge in [-0.05, 0) is 30.3 Å². The second kappa shape index (κ2) is 8.81. The van der Waals surface area contributed by atoms with E-state index < -0.39 is 17.3 Å². The first-order valence-corrected chi connectivity index (χ1v) is 10.0. The third-order valence-corrected chi connectivity index (χ3v) is 5.09. The fraction of sp³-hybridized carbons (Fsp3) is 0.0833. The van der Waals surface area contributed by atoms with Crippen LogP contribution in [0, 0.1) is 5.41 Å². The molecule has 2 aromatic heterocycles. The van der Waals surface area contributed by atoms with Crippen LogP contribution in [0.25, 0.3) is 33.4 Å². The predicted molar refractivity (Wildman–Crippen MR) is 123 cm³/mol. The summed E-state index contributed by atoms with van der Waals surface area (Å²) in [5.74, 6) is -0.0339. The van der Waals surface area contributed by atoms with Gasteiger partial charge in [-0.3, -0.25) is 9.36 Å². The monoisotopic (exact) mass is 465 g/mol. The molecule has 0 atom stereocenters. The van der Waals surface area contributed by atoms with E-state index in [0.29, 0.717) is 16.8 Å². The quantitative estimate of drug-likeness (QED) is 0.380. The maximum Gasteiger partial charge on any atom is 0.416 e. The first-order valence-electron chi connectivity index (χ1n) is 10.0. The maximum absolute atomic E-state index is 13.4. The predicted octanol–water partition coefficient (Wildman–Crippen LogP) is 4.38. The molecule has 0 aliphatic rings. The Morgan fingerprint density at radius 3 is 2.50 bits per heavy atom. The van der Waals surface area contributed by atoms with E-state index in [1.807, 2.05) is 0 Å². The van der Waals surface area contributed by atoms with E-state index >= 15 is 0 Å². The van der Waals surface area contributed by atoms with E-state index in [2.05, 4.69) is 15.3 Å². The van der Waals surface area contributed by atoms with Gasteiger partial charge in [-0.1, -0.05) is 18.2 Å². The minimum atomic E-state index is -4.48. The van der Waals surface area contributed by atoms with Crippen LogP contribution in [0.3, 0.4) is 0 Å². The molecule has 2 aromatic carbocycles. The molecule has 0 fully saturated rings. The summed E-state index contributed by atoms with van der Waals surface area (Å²) < 4.78 is 40.2. The Balaban J connectivity index is 2.00. The molecule has 2 heterocycles. The van der Waals surface area contributed by atoms with Gasteiger partial charge in [0.05, 0.1) is 22.3 Å². The van der Waals surface area contributed by atoms with Crippen molar-refractivity contribution in [1.29, 1.82) is 5.41 Å². The van der Waals surface area contributed by atoms with Crippen LogP contribution in [-0.4, -0.2) is 32.9 Å². The van der Waals surface area contributed by atoms with Crippen LogP contribution >= 0.6 is 0 Å². The molecule has 3 N–H and O–H groups in total. The highest BCUT2D eigenvalue weighted by Crippen LogP contribution is 2.32. The lowest BCUT2D eigenvalue weighted by Crippen LogP contribution is -2.20. The van der Waals surface area contributed by atoms with Crippen molar-refractivity contribution in [3.8, 4) is 22.7 Å². The van der Waals surface area contributed by atoms with Crippen molar-refractivity contribution in [2.45, 2.75) is 6.18 Å². The molecule has 4 aromatic rings. The molecule has 10 heteroatoms. The van der Waals surface area contributed by atoms with E-state index in [9.17, 15) is 23.1 Å². The second-order valence-corrected chi connectivity index (χ2v) is 7.30. The fourth-order valence-electron chi connectivity index (χ4n) is 3.47. The average Bonchev–Trinajstić information content (AvgIpc) is 2.82. The number of nitrogens with zero attached hydrogens (tertiary/aromatic N) is 3. The Hall–Kier alpha value is -4.47. The smallest absolute Gasteiger partial charge is 0.416 e. The van der Waals surface area contributed by atoms with E-state index in [0.717, 1.165) is 18.3 Å². The number of phenolic OH excluding ortho intramolecular Hbond substituents is 1. The summed E-state index contributed by atoms with van der Waals surface area (Å²) in [4.78, 5) is 22.3. The number of alkyl halides is 3. The van der Waals surface area contributed by atoms with Gasteiger partial charge in [-0.15, -0.1) is 0 Å². The zero-order chi connectivity index (χ0) is 24.5. The zero-order valence-corrected chi connectivity index (χ0v) is 17.8. The van der Waals surface area contributed by atoms with Crippen LogP contribution in [0.15, 0.2) is 71.9 Å². The van der Waals surface area contributed by atoms with Gasteiger partial charge >= 0.3 is 6.18 Å². The van der Waals surface area contributed by atoms with Crippen LogP contribution in [0.1, 0.15) is 11.3 Å². The highest BCUT2D eigenvalue weighted by molar-refractivity contribution is 6.12. The molecule has 7 nitrogen and oxygen atoms in total. The second-order valence-electron chi connectivity index (χ2n) is 7.30. The van der Waals surface area contributed by atoms with Crippen LogP contribution in [-0.2, 0) is 6.18 Å². The minimum absolute atomic E-state index is 0.0339. The van der Waals surface area contributed by atoms with E-state index in [1.54, 1.807) is 19.2 Å². The van der Waals surface area contributed by atoms with Crippen molar-refractivity contribution >= 4 is 22.7 Å². The number of allylic oxidation sites excluding steroid dienone is 1. The van der Waals surface area contributed by atoms with E-state index in [1.165, 1.54) is 47.4 Å². The molecule has 0 spiro atoms. The summed E-state index contributed by atoms with van der Waals surface area (Å²) in [6.45, 7) is 0. The molecular formula is C24H18F3N5O2. The van der Waals surface area contributed by atoms with Gasteiger partial charge in [-0.25, -0.2) is 9.97 Å². The van der Waals surface area contributed by atoms with Crippen LogP contribution < -0.4 is 10.9 Å². The van der Waals surface area contributed by atoms with Crippen molar-refractivity contribution in [3.05, 3.63) is 88.7 Å². The zero-order valence-electron chi connectivity index (χ0n) is 17.8. The Morgan fingerprint density at radius 2 is 1.88 bits per heavy atom. The molecule has 0 bridgehead atoms. The van der Waals surface area contributed by atoms with Gasteiger partial charge in [0, 0.05) is 36.7 Å². The molecule has 0 amide bonds. The molecule has 0 aliphatic carbocycles. The molecule has 0 saturated carbocycles. The van der Waals surface area contributed by atoms with Gasteiger partial charge < -0.3 is 15.8 Å². The van der Waals surface area contributed by atoms with Crippen LogP contribution in [0.2, 0.25) is 0 Å². The van der Waals surface area contributed by atoms with Crippen molar-refractivity contribution in [2.24, 2.45) is 0 Å². The number of benzene rings is 2. The lowest BCUT2D eigenvalue weighted by Gasteiger charge is -2.13. The van der Waals surface area contributed by atoms with E-state index in [-0.39, 0.29) is 28.0 Å². The molecule has 0 unspecified atom stereocenters. The number of pyridine rings is 1. The number of hydrogen-bond donors (Lipinski definition) is 3. The summed E-state index contributed by atoms with van der Waals surface area (Å²) in [6, 6.07) is 12.0. The van der Waals surface area contributed by atoms with Crippen LogP contribution in [0.5, 0.6) is 5.75 Å². The Bertz CT molecular complexity index is 1480. The number of nitrogens with one attached hydrogen (secondary N) is 2. The minimum Gasteiger partial charge on any atom is -0.508 e. The Kier molecular flexibility index (Phi) is 5.89. The first kappa shape index (κ1) is 22.7. The van der Waals surface area contributed by atoms with Gasteiger partial charge in [0.1, 0.15) is 23.3 Å². The highest BCUT2D eigenvalue weighted by Gasteiger charge is 2.30. The number of aromatic nitrogens is 3. The highest BCUT2D eigenvalue weighted by atomic mass is 19.4. The largest absolute Gasteiger partial charge is 0.508 e. The number of aromatic hydroxyl groups is 1.